The molecule has 0 N–H and O–H groups in total. The smallest absolute Gasteiger partial charge is 0.339 e. The van der Waals surface area contributed by atoms with Gasteiger partial charge in [-0.3, -0.25) is 0 Å². The number of hydrogen-bond acceptors (Lipinski definition) is 7. The van der Waals surface area contributed by atoms with Crippen LogP contribution in [0.3, 0.4) is 0 Å². The summed E-state index contributed by atoms with van der Waals surface area (Å²) in [7, 11) is -0.870. The van der Waals surface area contributed by atoms with Gasteiger partial charge in [-0.25, -0.2) is 22.5 Å². The fraction of sp³-hybridized carbons (Fsp3) is 0.231. The lowest BCUT2D eigenvalue weighted by Crippen LogP contribution is -2.21. The van der Waals surface area contributed by atoms with Gasteiger partial charge in [0, 0.05) is 19.5 Å². The van der Waals surface area contributed by atoms with E-state index in [1.165, 1.54) is 26.2 Å². The third-order valence-corrected chi connectivity index (χ3v) is 7.64. The van der Waals surface area contributed by atoms with Crippen molar-refractivity contribution in [3.05, 3.63) is 83.1 Å². The predicted octanol–water partition coefficient (Wildman–Crippen LogP) is 4.91. The molecule has 0 aliphatic heterocycles. The first kappa shape index (κ1) is 23.1. The van der Waals surface area contributed by atoms with Crippen molar-refractivity contribution in [2.24, 2.45) is 0 Å². The van der Waals surface area contributed by atoms with E-state index in [0.717, 1.165) is 39.7 Å². The number of nitrogens with zero attached hydrogens (tertiary/aromatic N) is 2. The number of allylic oxidation sites excluding steroid dienone is 1. The molecule has 9 heteroatoms. The Kier molecular flexibility index (Phi) is 6.04. The molecular weight excluding hydrogens is 468 g/mol. The van der Waals surface area contributed by atoms with E-state index in [1.54, 1.807) is 6.26 Å². The summed E-state index contributed by atoms with van der Waals surface area (Å²) in [6.45, 7) is -0.192. The molecule has 1 aliphatic rings. The van der Waals surface area contributed by atoms with E-state index in [4.69, 9.17) is 18.6 Å². The van der Waals surface area contributed by atoms with Crippen LogP contribution in [-0.2, 0) is 27.8 Å². The normalized spacial score (nSPS) is 15.0. The molecule has 0 radical (unpaired) electrons. The van der Waals surface area contributed by atoms with Crippen LogP contribution in [0.4, 0.5) is 0 Å². The second kappa shape index (κ2) is 9.16. The first-order valence-corrected chi connectivity index (χ1v) is 12.6. The number of furan rings is 2. The van der Waals surface area contributed by atoms with Crippen LogP contribution in [0.15, 0.2) is 68.7 Å². The number of fused-ring (bicyclic) bond motifs is 2. The number of esters is 1. The summed E-state index contributed by atoms with van der Waals surface area (Å²) >= 11 is 0. The van der Waals surface area contributed by atoms with Gasteiger partial charge in [0.05, 0.1) is 23.0 Å². The second-order valence-corrected chi connectivity index (χ2v) is 10.5. The van der Waals surface area contributed by atoms with Gasteiger partial charge in [0.2, 0.25) is 5.09 Å². The maximum Gasteiger partial charge on any atom is 0.339 e. The predicted molar refractivity (Wildman–Crippen MR) is 130 cm³/mol. The first-order chi connectivity index (χ1) is 16.8. The summed E-state index contributed by atoms with van der Waals surface area (Å²) in [4.78, 5) is 18.3. The lowest BCUT2D eigenvalue weighted by atomic mass is 9.86. The number of pyridine rings is 1. The third kappa shape index (κ3) is 4.40. The van der Waals surface area contributed by atoms with Gasteiger partial charge in [-0.2, -0.15) is 0 Å². The molecule has 0 atom stereocenters. The average molecular weight is 493 g/mol. The zero-order valence-corrected chi connectivity index (χ0v) is 20.2. The molecular formula is C26H24N2O6S. The minimum Gasteiger partial charge on any atom is -0.465 e. The molecule has 0 bridgehead atoms. The summed E-state index contributed by atoms with van der Waals surface area (Å²) in [6, 6.07) is 14.0. The number of aromatic nitrogens is 1. The van der Waals surface area contributed by atoms with Crippen LogP contribution in [0.5, 0.6) is 0 Å². The van der Waals surface area contributed by atoms with Crippen molar-refractivity contribution in [3.63, 3.8) is 0 Å². The topological polar surface area (TPSA) is 103 Å². The minimum absolute atomic E-state index is 0.192. The Balaban J connectivity index is 1.50. The number of hydrogen-bond donors (Lipinski definition) is 0. The summed E-state index contributed by atoms with van der Waals surface area (Å²) < 4.78 is 42.1. The summed E-state index contributed by atoms with van der Waals surface area (Å²) in [6.07, 6.45) is 5.97. The van der Waals surface area contributed by atoms with Crippen molar-refractivity contribution in [1.82, 2.24) is 9.29 Å². The van der Waals surface area contributed by atoms with Crippen LogP contribution in [0.25, 0.3) is 22.6 Å². The van der Waals surface area contributed by atoms with Crippen molar-refractivity contribution in [1.29, 1.82) is 0 Å². The van der Waals surface area contributed by atoms with E-state index >= 15 is 0 Å². The van der Waals surface area contributed by atoms with E-state index in [0.29, 0.717) is 22.9 Å². The zero-order valence-electron chi connectivity index (χ0n) is 19.4. The first-order valence-electron chi connectivity index (χ1n) is 11.2. The highest BCUT2D eigenvalue weighted by Crippen LogP contribution is 2.36. The van der Waals surface area contributed by atoms with Gasteiger partial charge in [-0.15, -0.1) is 0 Å². The number of para-hydroxylation sites is 1. The summed E-state index contributed by atoms with van der Waals surface area (Å²) in [5.74, 6) is 0.463. The molecule has 0 saturated heterocycles. The van der Waals surface area contributed by atoms with Gasteiger partial charge >= 0.3 is 5.97 Å². The molecule has 180 valence electrons. The molecule has 0 spiro atoms. The highest BCUT2D eigenvalue weighted by molar-refractivity contribution is 7.88. The number of benzene rings is 1. The third-order valence-electron chi connectivity index (χ3n) is 5.95. The van der Waals surface area contributed by atoms with Crippen molar-refractivity contribution in [2.45, 2.75) is 31.0 Å². The molecule has 5 rings (SSSR count). The monoisotopic (exact) mass is 492 g/mol. The van der Waals surface area contributed by atoms with Gasteiger partial charge in [0.1, 0.15) is 18.1 Å². The van der Waals surface area contributed by atoms with Crippen LogP contribution in [-0.4, -0.2) is 37.8 Å². The summed E-state index contributed by atoms with van der Waals surface area (Å²) in [5, 5.41) is 0.513. The van der Waals surface area contributed by atoms with Crippen LogP contribution >= 0.6 is 0 Å². The molecule has 0 amide bonds. The van der Waals surface area contributed by atoms with Gasteiger partial charge in [0.15, 0.2) is 0 Å². The Hall–Kier alpha value is -3.69. The van der Waals surface area contributed by atoms with Crippen LogP contribution in [0.1, 0.15) is 46.0 Å². The lowest BCUT2D eigenvalue weighted by molar-refractivity contribution is 0.0441. The number of sulfonamides is 1. The Morgan fingerprint density at radius 3 is 2.71 bits per heavy atom. The van der Waals surface area contributed by atoms with E-state index in [1.807, 2.05) is 42.5 Å². The Morgan fingerprint density at radius 2 is 1.94 bits per heavy atom. The van der Waals surface area contributed by atoms with E-state index < -0.39 is 16.0 Å². The Bertz CT molecular complexity index is 1530. The van der Waals surface area contributed by atoms with Gasteiger partial charge in [0.25, 0.3) is 10.0 Å². The SMILES string of the molecule is CN(C)S(=O)(=O)c1ccc(COC(=O)c2c3c(nc4ccccc24)/C(=C\c2ccco2)CCC3)o1. The van der Waals surface area contributed by atoms with E-state index in [9.17, 15) is 13.2 Å². The molecule has 1 aromatic carbocycles. The van der Waals surface area contributed by atoms with Gasteiger partial charge < -0.3 is 13.6 Å². The maximum absolute atomic E-state index is 13.4. The van der Waals surface area contributed by atoms with Gasteiger partial charge in [-0.1, -0.05) is 18.2 Å². The molecule has 0 saturated carbocycles. The van der Waals surface area contributed by atoms with Crippen LogP contribution in [0, 0.1) is 0 Å². The van der Waals surface area contributed by atoms with Crippen LogP contribution in [0.2, 0.25) is 0 Å². The number of rotatable bonds is 6. The minimum atomic E-state index is -3.71. The standard InChI is InChI=1S/C26H24N2O6S/c1-28(2)35(30,31)23-13-12-19(34-23)16-33-26(29)24-20-9-3-4-11-22(20)27-25-17(7-5-10-21(24)25)15-18-8-6-14-32-18/h3-4,6,8-9,11-15H,5,7,10,16H2,1-2H3/b17-15-. The molecule has 0 unspecified atom stereocenters. The quantitative estimate of drug-likeness (QED) is 0.353. The number of ether oxygens (including phenoxy) is 1. The molecule has 3 heterocycles. The molecule has 35 heavy (non-hydrogen) atoms. The fourth-order valence-corrected chi connectivity index (χ4v) is 5.03. The number of carbonyl (C=O) groups is 1. The highest BCUT2D eigenvalue weighted by Gasteiger charge is 2.27. The van der Waals surface area contributed by atoms with E-state index in [2.05, 4.69) is 0 Å². The van der Waals surface area contributed by atoms with Gasteiger partial charge in [-0.05, 0) is 66.8 Å². The van der Waals surface area contributed by atoms with Crippen molar-refractivity contribution in [3.8, 4) is 0 Å². The van der Waals surface area contributed by atoms with Crippen molar-refractivity contribution < 1.29 is 26.8 Å². The maximum atomic E-state index is 13.4. The zero-order chi connectivity index (χ0) is 24.6. The number of carbonyl (C=O) groups excluding carboxylic acids is 1. The molecule has 1 aliphatic carbocycles. The Morgan fingerprint density at radius 1 is 1.11 bits per heavy atom. The fourth-order valence-electron chi connectivity index (χ4n) is 4.22. The Labute approximate surface area is 202 Å². The molecule has 8 nitrogen and oxygen atoms in total. The van der Waals surface area contributed by atoms with E-state index in [-0.39, 0.29) is 17.5 Å². The molecule has 3 aromatic heterocycles. The van der Waals surface area contributed by atoms with Crippen molar-refractivity contribution >= 4 is 38.5 Å². The van der Waals surface area contributed by atoms with Crippen molar-refractivity contribution in [2.75, 3.05) is 14.1 Å². The molecule has 0 fully saturated rings. The average Bonchev–Trinajstić information content (AvgIpc) is 3.54. The summed E-state index contributed by atoms with van der Waals surface area (Å²) in [5.41, 5.74) is 3.79. The second-order valence-electron chi connectivity index (χ2n) is 8.45. The van der Waals surface area contributed by atoms with Crippen LogP contribution < -0.4 is 0 Å². The molecule has 4 aromatic rings. The lowest BCUT2D eigenvalue weighted by Gasteiger charge is -2.22. The largest absolute Gasteiger partial charge is 0.465 e. The highest BCUT2D eigenvalue weighted by atomic mass is 32.2.